The molecule has 3 N–H and O–H groups in total. The van der Waals surface area contributed by atoms with Crippen molar-refractivity contribution in [2.75, 3.05) is 6.26 Å². The van der Waals surface area contributed by atoms with Crippen LogP contribution in [-0.2, 0) is 18.5 Å². The molecule has 2 rings (SSSR count). The number of carbonyl (C=O) groups excluding carboxylic acids is 2. The van der Waals surface area contributed by atoms with E-state index in [0.29, 0.717) is 19.4 Å². The molecule has 0 bridgehead atoms. The van der Waals surface area contributed by atoms with Gasteiger partial charge in [0.25, 0.3) is 0 Å². The summed E-state index contributed by atoms with van der Waals surface area (Å²) in [5.41, 5.74) is -0.852. The number of ether oxygens (including phenoxy) is 2. The second-order valence-electron chi connectivity index (χ2n) is 10.8. The van der Waals surface area contributed by atoms with E-state index in [4.69, 9.17) is 10.8 Å². The van der Waals surface area contributed by atoms with Gasteiger partial charge in [-0.15, -0.1) is 0 Å². The fraction of sp³-hybridized carbons (Fsp3) is 0.917. The van der Waals surface area contributed by atoms with E-state index in [1.807, 2.05) is 41.5 Å². The van der Waals surface area contributed by atoms with Gasteiger partial charge in [0, 0.05) is 24.1 Å². The van der Waals surface area contributed by atoms with Crippen molar-refractivity contribution in [3.63, 3.8) is 0 Å². The van der Waals surface area contributed by atoms with Crippen molar-refractivity contribution in [2.24, 2.45) is 5.92 Å². The van der Waals surface area contributed by atoms with Crippen molar-refractivity contribution in [2.45, 2.75) is 130 Å². The van der Waals surface area contributed by atoms with Crippen LogP contribution in [0.25, 0.3) is 0 Å². The summed E-state index contributed by atoms with van der Waals surface area (Å²) in [5, 5.41) is 14.9. The molecule has 0 spiro atoms. The summed E-state index contributed by atoms with van der Waals surface area (Å²) < 4.78 is 35.3. The van der Waals surface area contributed by atoms with Crippen LogP contribution in [-0.4, -0.2) is 61.4 Å². The van der Waals surface area contributed by atoms with E-state index in [2.05, 4.69) is 28.2 Å². The topological polar surface area (TPSA) is 131 Å². The molecule has 2 aliphatic rings. The van der Waals surface area contributed by atoms with Gasteiger partial charge in [-0.05, 0) is 86.0 Å². The summed E-state index contributed by atoms with van der Waals surface area (Å²) in [6.45, 7) is 15.6. The monoisotopic (exact) mass is 545 g/mol. The molecule has 35 heavy (non-hydrogen) atoms. The lowest BCUT2D eigenvalue weighted by atomic mass is 10.1. The summed E-state index contributed by atoms with van der Waals surface area (Å²) in [7, 11) is 1.31. The third-order valence-corrected chi connectivity index (χ3v) is 4.54. The SMILES string of the molecule is CC(C)(C)OC(=O)N[C@H]1CC[C@@H](O)C1.CS(=O)(=O)Cl.C[C@@H]1CC[C@H](NC(=O)OC(C)(C)C)C1.[2H]CC. The molecular weight excluding hydrogens is 496 g/mol. The van der Waals surface area contributed by atoms with Gasteiger partial charge in [-0.1, -0.05) is 20.7 Å². The molecule has 0 aromatic rings. The lowest BCUT2D eigenvalue weighted by Gasteiger charge is -2.21. The number of aliphatic hydroxyl groups excluding tert-OH is 1. The Morgan fingerprint density at radius 3 is 1.51 bits per heavy atom. The predicted octanol–water partition coefficient (Wildman–Crippen LogP) is 5.34. The van der Waals surface area contributed by atoms with Gasteiger partial charge in [0.05, 0.1) is 12.4 Å². The van der Waals surface area contributed by atoms with E-state index in [0.717, 1.165) is 37.9 Å². The third kappa shape index (κ3) is 25.6. The van der Waals surface area contributed by atoms with Crippen LogP contribution in [0.4, 0.5) is 9.59 Å². The molecule has 0 saturated heterocycles. The van der Waals surface area contributed by atoms with Crippen molar-refractivity contribution < 1.29 is 34.0 Å². The van der Waals surface area contributed by atoms with Crippen molar-refractivity contribution in [3.8, 4) is 0 Å². The maximum absolute atomic E-state index is 11.4. The lowest BCUT2D eigenvalue weighted by molar-refractivity contribution is 0.0491. The number of hydrogen-bond acceptors (Lipinski definition) is 7. The number of aliphatic hydroxyl groups is 1. The van der Waals surface area contributed by atoms with Crippen LogP contribution in [0.15, 0.2) is 0 Å². The largest absolute Gasteiger partial charge is 0.444 e. The van der Waals surface area contributed by atoms with Gasteiger partial charge in [-0.3, -0.25) is 0 Å². The van der Waals surface area contributed by atoms with Crippen LogP contribution in [0.5, 0.6) is 0 Å². The van der Waals surface area contributed by atoms with E-state index in [9.17, 15) is 23.1 Å². The second-order valence-corrected chi connectivity index (χ2v) is 13.8. The van der Waals surface area contributed by atoms with Crippen molar-refractivity contribution >= 4 is 31.9 Å². The zero-order chi connectivity index (χ0) is 28.7. The molecule has 0 heterocycles. The molecule has 210 valence electrons. The van der Waals surface area contributed by atoms with Crippen LogP contribution in [0.1, 0.15) is 102 Å². The quantitative estimate of drug-likeness (QED) is 0.399. The molecule has 4 atom stereocenters. The molecule has 9 nitrogen and oxygen atoms in total. The standard InChI is InChI=1S/C11H21NO2.C10H19NO3.C2H6.CH3ClO2S/c1-8-5-6-9(7-8)12-10(13)14-11(2,3)4;1-10(2,3)14-9(13)11-7-4-5-8(12)6-7;1-2;1-5(2,3)4/h8-9H,5-7H2,1-4H3,(H,12,13);7-8,12H,4-6H2,1-3H3,(H,11,13);1-2H3;1H3/t8-,9+;7-,8+;;/m10../s1/i;;1D;. The first-order valence-electron chi connectivity index (χ1n) is 12.7. The highest BCUT2D eigenvalue weighted by atomic mass is 35.7. The number of alkyl carbamates (subject to hydrolysis) is 2. The number of amides is 2. The van der Waals surface area contributed by atoms with Crippen LogP contribution < -0.4 is 10.6 Å². The molecule has 0 aromatic carbocycles. The van der Waals surface area contributed by atoms with Crippen molar-refractivity contribution in [1.82, 2.24) is 10.6 Å². The van der Waals surface area contributed by atoms with Gasteiger partial charge in [-0.2, -0.15) is 0 Å². The highest BCUT2D eigenvalue weighted by Crippen LogP contribution is 2.24. The predicted molar refractivity (Wildman–Crippen MR) is 141 cm³/mol. The molecule has 2 aliphatic carbocycles. The van der Waals surface area contributed by atoms with E-state index in [1.165, 1.54) is 6.42 Å². The maximum Gasteiger partial charge on any atom is 0.407 e. The molecule has 2 amide bonds. The molecule has 2 saturated carbocycles. The minimum Gasteiger partial charge on any atom is -0.444 e. The number of hydrogen-bond donors (Lipinski definition) is 3. The highest BCUT2D eigenvalue weighted by Gasteiger charge is 2.26. The molecule has 2 fully saturated rings. The Hall–Kier alpha value is -1.26. The summed E-state index contributed by atoms with van der Waals surface area (Å²) in [5.74, 6) is 0.731. The summed E-state index contributed by atoms with van der Waals surface area (Å²) in [6, 6.07) is 0.389. The Labute approximate surface area is 218 Å². The van der Waals surface area contributed by atoms with E-state index in [-0.39, 0.29) is 18.2 Å². The fourth-order valence-electron chi connectivity index (χ4n) is 3.38. The average Bonchev–Trinajstić information content (AvgIpc) is 3.19. The number of nitrogens with one attached hydrogen (secondary N) is 2. The van der Waals surface area contributed by atoms with Crippen LogP contribution >= 0.6 is 10.7 Å². The van der Waals surface area contributed by atoms with Gasteiger partial charge in [0.15, 0.2) is 0 Å². The maximum atomic E-state index is 11.4. The number of rotatable bonds is 2. The van der Waals surface area contributed by atoms with Gasteiger partial charge in [0.1, 0.15) is 11.2 Å². The van der Waals surface area contributed by atoms with Crippen LogP contribution in [0.2, 0.25) is 0 Å². The van der Waals surface area contributed by atoms with Crippen molar-refractivity contribution in [3.05, 3.63) is 0 Å². The lowest BCUT2D eigenvalue weighted by Crippen LogP contribution is -2.38. The third-order valence-electron chi connectivity index (χ3n) is 4.54. The fourth-order valence-corrected chi connectivity index (χ4v) is 3.38. The Morgan fingerprint density at radius 2 is 1.26 bits per heavy atom. The number of halogens is 1. The van der Waals surface area contributed by atoms with Gasteiger partial charge >= 0.3 is 12.2 Å². The summed E-state index contributed by atoms with van der Waals surface area (Å²) >= 11 is 0. The van der Waals surface area contributed by atoms with Crippen molar-refractivity contribution in [1.29, 1.82) is 0 Å². The Balaban J connectivity index is 0. The number of carbonyl (C=O) groups is 2. The molecule has 0 unspecified atom stereocenters. The molecule has 11 heteroatoms. The summed E-state index contributed by atoms with van der Waals surface area (Å²) in [6.07, 6.45) is 5.59. The Kier molecular flexibility index (Phi) is 15.9. The zero-order valence-electron chi connectivity index (χ0n) is 23.9. The van der Waals surface area contributed by atoms with Crippen LogP contribution in [0.3, 0.4) is 0 Å². The Morgan fingerprint density at radius 1 is 0.914 bits per heavy atom. The molecule has 0 aliphatic heterocycles. The molecule has 0 radical (unpaired) electrons. The van der Waals surface area contributed by atoms with Gasteiger partial charge in [0.2, 0.25) is 9.05 Å². The van der Waals surface area contributed by atoms with E-state index < -0.39 is 26.3 Å². The first kappa shape index (κ1) is 33.7. The molecular formula is C24H49ClN2O7S. The highest BCUT2D eigenvalue weighted by molar-refractivity contribution is 8.13. The second kappa shape index (κ2) is 16.5. The van der Waals surface area contributed by atoms with Gasteiger partial charge < -0.3 is 25.2 Å². The summed E-state index contributed by atoms with van der Waals surface area (Å²) in [4.78, 5) is 22.7. The van der Waals surface area contributed by atoms with E-state index >= 15 is 0 Å². The molecule has 0 aromatic heterocycles. The Bertz CT molecular complexity index is 686. The minimum absolute atomic E-state index is 0.0693. The first-order chi connectivity index (χ1) is 16.1. The van der Waals surface area contributed by atoms with E-state index in [1.54, 1.807) is 6.92 Å². The van der Waals surface area contributed by atoms with Crippen LogP contribution in [0, 0.1) is 5.92 Å². The first-order valence-corrected chi connectivity index (χ1v) is 14.7. The average molecular weight is 546 g/mol. The zero-order valence-corrected chi connectivity index (χ0v) is 24.5. The smallest absolute Gasteiger partial charge is 0.407 e. The van der Waals surface area contributed by atoms with Gasteiger partial charge in [-0.25, -0.2) is 18.0 Å². The normalized spacial score (nSPS) is 24.1. The minimum atomic E-state index is -3.19.